The predicted molar refractivity (Wildman–Crippen MR) is 124 cm³/mol. The average Bonchev–Trinajstić information content (AvgIpc) is 3.69. The molecule has 2 aromatic rings. The van der Waals surface area contributed by atoms with E-state index in [9.17, 15) is 19.5 Å². The third-order valence-corrected chi connectivity index (χ3v) is 6.24. The van der Waals surface area contributed by atoms with Crippen molar-refractivity contribution in [3.63, 3.8) is 0 Å². The van der Waals surface area contributed by atoms with E-state index in [0.717, 1.165) is 12.8 Å². The van der Waals surface area contributed by atoms with Crippen molar-refractivity contribution >= 4 is 23.3 Å². The SMILES string of the molecule is CCOC(=O)c1ccc(N2C(=O)C(O)=C(C(=O)C3CC3)C2c2cc(OC)c3c(c2)OCCO3)cc1. The normalized spacial score (nSPS) is 19.1. The standard InChI is InChI=1S/C26H25NO8/c1-3-33-26(31)15-6-8-17(9-7-15)27-21(20(23(29)25(27)30)22(28)14-4-5-14)16-12-18(32-2)24-19(13-16)34-10-11-35-24/h6-9,12-14,21,29H,3-5,10-11H2,1-2H3. The van der Waals surface area contributed by atoms with E-state index in [1.807, 2.05) is 0 Å². The molecule has 9 nitrogen and oxygen atoms in total. The molecule has 1 unspecified atom stereocenters. The van der Waals surface area contributed by atoms with Gasteiger partial charge in [-0.1, -0.05) is 0 Å². The molecule has 9 heteroatoms. The maximum Gasteiger partial charge on any atom is 0.338 e. The lowest BCUT2D eigenvalue weighted by molar-refractivity contribution is -0.118. The molecule has 0 aromatic heterocycles. The summed E-state index contributed by atoms with van der Waals surface area (Å²) in [4.78, 5) is 40.0. The Balaban J connectivity index is 1.61. The number of ketones is 1. The molecule has 0 radical (unpaired) electrons. The zero-order valence-corrected chi connectivity index (χ0v) is 19.4. The van der Waals surface area contributed by atoms with Crippen molar-refractivity contribution in [1.29, 1.82) is 0 Å². The Morgan fingerprint density at radius 3 is 2.49 bits per heavy atom. The van der Waals surface area contributed by atoms with Crippen LogP contribution in [0.4, 0.5) is 5.69 Å². The number of nitrogens with zero attached hydrogens (tertiary/aromatic N) is 1. The fourth-order valence-electron chi connectivity index (χ4n) is 4.43. The van der Waals surface area contributed by atoms with Crippen LogP contribution in [0.25, 0.3) is 0 Å². The van der Waals surface area contributed by atoms with Crippen molar-refractivity contribution in [2.24, 2.45) is 5.92 Å². The number of carbonyl (C=O) groups excluding carboxylic acids is 3. The zero-order valence-electron chi connectivity index (χ0n) is 19.4. The highest BCUT2D eigenvalue weighted by Gasteiger charge is 2.48. The van der Waals surface area contributed by atoms with Gasteiger partial charge in [0.2, 0.25) is 5.75 Å². The van der Waals surface area contributed by atoms with Gasteiger partial charge in [-0.3, -0.25) is 14.5 Å². The van der Waals surface area contributed by atoms with Gasteiger partial charge in [0, 0.05) is 11.6 Å². The molecular weight excluding hydrogens is 454 g/mol. The molecule has 2 aromatic carbocycles. The van der Waals surface area contributed by atoms with Crippen LogP contribution in [0.2, 0.25) is 0 Å². The van der Waals surface area contributed by atoms with Crippen LogP contribution in [-0.2, 0) is 14.3 Å². The molecule has 0 bridgehead atoms. The molecule has 35 heavy (non-hydrogen) atoms. The summed E-state index contributed by atoms with van der Waals surface area (Å²) in [5.74, 6) is -0.946. The monoisotopic (exact) mass is 479 g/mol. The summed E-state index contributed by atoms with van der Waals surface area (Å²) in [5.41, 5.74) is 1.31. The lowest BCUT2D eigenvalue weighted by Gasteiger charge is -2.29. The molecule has 1 amide bonds. The van der Waals surface area contributed by atoms with Gasteiger partial charge >= 0.3 is 5.97 Å². The Morgan fingerprint density at radius 1 is 1.11 bits per heavy atom. The molecule has 3 aliphatic rings. The number of amides is 1. The molecule has 2 aliphatic heterocycles. The van der Waals surface area contributed by atoms with Gasteiger partial charge in [-0.25, -0.2) is 4.79 Å². The topological polar surface area (TPSA) is 112 Å². The molecule has 1 atom stereocenters. The smallest absolute Gasteiger partial charge is 0.338 e. The van der Waals surface area contributed by atoms with E-state index >= 15 is 0 Å². The Kier molecular flexibility index (Phi) is 5.84. The van der Waals surface area contributed by atoms with E-state index in [1.165, 1.54) is 12.0 Å². The molecule has 1 saturated carbocycles. The third-order valence-electron chi connectivity index (χ3n) is 6.24. The molecule has 1 aliphatic carbocycles. The van der Waals surface area contributed by atoms with E-state index in [2.05, 4.69) is 0 Å². The van der Waals surface area contributed by atoms with Crippen LogP contribution in [0.5, 0.6) is 17.2 Å². The Morgan fingerprint density at radius 2 is 1.83 bits per heavy atom. The summed E-state index contributed by atoms with van der Waals surface area (Å²) in [5, 5.41) is 10.9. The fourth-order valence-corrected chi connectivity index (χ4v) is 4.43. The molecular formula is C26H25NO8. The minimum Gasteiger partial charge on any atom is -0.503 e. The van der Waals surface area contributed by atoms with Gasteiger partial charge in [0.05, 0.1) is 30.9 Å². The lowest BCUT2D eigenvalue weighted by Crippen LogP contribution is -2.31. The number of fused-ring (bicyclic) bond motifs is 1. The number of aliphatic hydroxyl groups excluding tert-OH is 1. The first-order chi connectivity index (χ1) is 16.9. The van der Waals surface area contributed by atoms with E-state index in [1.54, 1.807) is 43.3 Å². The Bertz CT molecular complexity index is 1210. The first-order valence-electron chi connectivity index (χ1n) is 11.5. The highest BCUT2D eigenvalue weighted by molar-refractivity contribution is 6.17. The maximum absolute atomic E-state index is 13.3. The van der Waals surface area contributed by atoms with Crippen LogP contribution < -0.4 is 19.1 Å². The van der Waals surface area contributed by atoms with Gasteiger partial charge in [0.15, 0.2) is 23.0 Å². The van der Waals surface area contributed by atoms with Crippen molar-refractivity contribution in [3.05, 3.63) is 58.9 Å². The fraction of sp³-hybridized carbons (Fsp3) is 0.346. The van der Waals surface area contributed by atoms with Crippen LogP contribution in [0.1, 0.15) is 41.7 Å². The number of ether oxygens (including phenoxy) is 4. The minimum atomic E-state index is -0.909. The molecule has 5 rings (SSSR count). The summed E-state index contributed by atoms with van der Waals surface area (Å²) < 4.78 is 22.0. The van der Waals surface area contributed by atoms with Crippen molar-refractivity contribution in [3.8, 4) is 17.2 Å². The highest BCUT2D eigenvalue weighted by atomic mass is 16.6. The molecule has 0 spiro atoms. The van der Waals surface area contributed by atoms with Gasteiger partial charge in [-0.2, -0.15) is 0 Å². The minimum absolute atomic E-state index is 0.0469. The predicted octanol–water partition coefficient (Wildman–Crippen LogP) is 3.52. The maximum atomic E-state index is 13.3. The quantitative estimate of drug-likeness (QED) is 0.601. The third kappa shape index (κ3) is 3.96. The Hall–Kier alpha value is -4.01. The molecule has 182 valence electrons. The summed E-state index contributed by atoms with van der Waals surface area (Å²) in [6.07, 6.45) is 1.43. The van der Waals surface area contributed by atoms with Gasteiger partial charge < -0.3 is 24.1 Å². The highest BCUT2D eigenvalue weighted by Crippen LogP contribution is 2.49. The van der Waals surface area contributed by atoms with Crippen molar-refractivity contribution in [2.75, 3.05) is 31.8 Å². The number of methoxy groups -OCH3 is 1. The number of aliphatic hydroxyl groups is 1. The first-order valence-corrected chi connectivity index (χ1v) is 11.5. The molecule has 1 N–H and O–H groups in total. The number of carbonyl (C=O) groups is 3. The van der Waals surface area contributed by atoms with Crippen LogP contribution in [0.3, 0.4) is 0 Å². The van der Waals surface area contributed by atoms with Crippen molar-refractivity contribution in [1.82, 2.24) is 0 Å². The zero-order chi connectivity index (χ0) is 24.7. The number of anilines is 1. The average molecular weight is 479 g/mol. The van der Waals surface area contributed by atoms with Crippen LogP contribution >= 0.6 is 0 Å². The summed E-state index contributed by atoms with van der Waals surface area (Å²) in [6, 6.07) is 8.74. The second-order valence-corrected chi connectivity index (χ2v) is 8.49. The summed E-state index contributed by atoms with van der Waals surface area (Å²) in [7, 11) is 1.49. The number of Topliss-reactive ketones (excluding diaryl/α,β-unsaturated/α-hetero) is 1. The van der Waals surface area contributed by atoms with Gasteiger partial charge in [-0.05, 0) is 61.7 Å². The molecule has 2 heterocycles. The first kappa shape index (κ1) is 22.8. The molecule has 0 saturated heterocycles. The van der Waals surface area contributed by atoms with Crippen molar-refractivity contribution in [2.45, 2.75) is 25.8 Å². The van der Waals surface area contributed by atoms with E-state index in [0.29, 0.717) is 47.3 Å². The Labute approximate surface area is 201 Å². The van der Waals surface area contributed by atoms with Gasteiger partial charge in [-0.15, -0.1) is 0 Å². The summed E-state index contributed by atoms with van der Waals surface area (Å²) in [6.45, 7) is 2.67. The number of hydrogen-bond donors (Lipinski definition) is 1. The van der Waals surface area contributed by atoms with Crippen LogP contribution in [-0.4, -0.2) is 49.7 Å². The van der Waals surface area contributed by atoms with Crippen molar-refractivity contribution < 1.29 is 38.4 Å². The van der Waals surface area contributed by atoms with Gasteiger partial charge in [0.1, 0.15) is 13.2 Å². The number of esters is 1. The van der Waals surface area contributed by atoms with E-state index < -0.39 is 23.7 Å². The number of hydrogen-bond acceptors (Lipinski definition) is 8. The molecule has 1 fully saturated rings. The van der Waals surface area contributed by atoms with Crippen LogP contribution in [0.15, 0.2) is 47.7 Å². The van der Waals surface area contributed by atoms with E-state index in [4.69, 9.17) is 18.9 Å². The summed E-state index contributed by atoms with van der Waals surface area (Å²) >= 11 is 0. The second-order valence-electron chi connectivity index (χ2n) is 8.49. The van der Waals surface area contributed by atoms with Crippen LogP contribution in [0, 0.1) is 5.92 Å². The largest absolute Gasteiger partial charge is 0.503 e. The van der Waals surface area contributed by atoms with E-state index in [-0.39, 0.29) is 23.9 Å². The number of benzene rings is 2. The van der Waals surface area contributed by atoms with Gasteiger partial charge in [0.25, 0.3) is 5.91 Å². The number of rotatable bonds is 7. The second kappa shape index (κ2) is 8.98. The lowest BCUT2D eigenvalue weighted by atomic mass is 9.93.